The number of carbonyl (C=O) groups is 1. The summed E-state index contributed by atoms with van der Waals surface area (Å²) in [7, 11) is 4.60. The van der Waals surface area contributed by atoms with E-state index in [2.05, 4.69) is 4.98 Å². The molecule has 0 saturated heterocycles. The minimum atomic E-state index is -0.357. The molecule has 0 N–H and O–H groups in total. The van der Waals surface area contributed by atoms with Crippen molar-refractivity contribution in [3.63, 3.8) is 0 Å². The highest BCUT2D eigenvalue weighted by atomic mass is 16.5. The first-order valence-corrected chi connectivity index (χ1v) is 8.07. The van der Waals surface area contributed by atoms with Crippen LogP contribution in [0.25, 0.3) is 11.4 Å². The first-order valence-electron chi connectivity index (χ1n) is 8.07. The van der Waals surface area contributed by atoms with Crippen LogP contribution in [0.1, 0.15) is 15.9 Å². The molecule has 0 unspecified atom stereocenters. The number of esters is 1. The molecule has 2 aromatic carbocycles. The number of hydrogen-bond donors (Lipinski definition) is 0. The predicted octanol–water partition coefficient (Wildman–Crippen LogP) is 3.40. The molecule has 0 aliphatic rings. The molecule has 0 aliphatic carbocycles. The molecule has 0 bridgehead atoms. The minimum absolute atomic E-state index is 0.357. The number of methoxy groups -OCH3 is 3. The van der Waals surface area contributed by atoms with Gasteiger partial charge in [-0.05, 0) is 29.8 Å². The number of benzene rings is 2. The van der Waals surface area contributed by atoms with Crippen molar-refractivity contribution in [2.75, 3.05) is 21.3 Å². The van der Waals surface area contributed by atoms with Crippen LogP contribution in [0.5, 0.6) is 11.5 Å². The normalized spacial score (nSPS) is 10.4. The quantitative estimate of drug-likeness (QED) is 0.636. The average molecular weight is 352 g/mol. The van der Waals surface area contributed by atoms with Crippen LogP contribution in [0, 0.1) is 0 Å². The number of rotatable bonds is 6. The second-order valence-electron chi connectivity index (χ2n) is 5.61. The fourth-order valence-corrected chi connectivity index (χ4v) is 2.85. The lowest BCUT2D eigenvalue weighted by atomic mass is 10.1. The van der Waals surface area contributed by atoms with E-state index in [1.807, 2.05) is 47.2 Å². The standard InChI is InChI=1S/C20H20N2O4/c1-24-16-8-5-9-17(25-2)18(16)19-21-10-11-22(19)13-14-6-4-7-15(12-14)20(23)26-3/h4-12H,13H2,1-3H3. The fraction of sp³-hybridized carbons (Fsp3) is 0.200. The minimum Gasteiger partial charge on any atom is -0.496 e. The van der Waals surface area contributed by atoms with E-state index in [1.165, 1.54) is 7.11 Å². The van der Waals surface area contributed by atoms with E-state index in [4.69, 9.17) is 14.2 Å². The van der Waals surface area contributed by atoms with Crippen molar-refractivity contribution in [2.45, 2.75) is 6.54 Å². The third-order valence-electron chi connectivity index (χ3n) is 4.07. The van der Waals surface area contributed by atoms with Crippen LogP contribution in [0.2, 0.25) is 0 Å². The molecule has 0 fully saturated rings. The number of imidazole rings is 1. The molecule has 134 valence electrons. The van der Waals surface area contributed by atoms with Gasteiger partial charge in [0.25, 0.3) is 0 Å². The molecule has 0 aliphatic heterocycles. The Bertz CT molecular complexity index is 895. The molecule has 1 aromatic heterocycles. The lowest BCUT2D eigenvalue weighted by Gasteiger charge is -2.14. The van der Waals surface area contributed by atoms with Gasteiger partial charge in [-0.15, -0.1) is 0 Å². The molecule has 0 radical (unpaired) electrons. The summed E-state index contributed by atoms with van der Waals surface area (Å²) in [6.45, 7) is 0.543. The van der Waals surface area contributed by atoms with Crippen LogP contribution in [0.3, 0.4) is 0 Å². The third-order valence-corrected chi connectivity index (χ3v) is 4.07. The van der Waals surface area contributed by atoms with Crippen LogP contribution in [0.15, 0.2) is 54.9 Å². The van der Waals surface area contributed by atoms with Gasteiger partial charge in [-0.1, -0.05) is 18.2 Å². The Morgan fingerprint density at radius 3 is 2.38 bits per heavy atom. The maximum atomic E-state index is 11.7. The molecule has 3 rings (SSSR count). The Morgan fingerprint density at radius 1 is 1.04 bits per heavy atom. The topological polar surface area (TPSA) is 62.6 Å². The van der Waals surface area contributed by atoms with Crippen molar-refractivity contribution >= 4 is 5.97 Å². The zero-order valence-electron chi connectivity index (χ0n) is 14.9. The molecule has 6 heteroatoms. The van der Waals surface area contributed by atoms with Gasteiger partial charge in [0.2, 0.25) is 0 Å². The van der Waals surface area contributed by atoms with E-state index < -0.39 is 0 Å². The van der Waals surface area contributed by atoms with Crippen molar-refractivity contribution < 1.29 is 19.0 Å². The van der Waals surface area contributed by atoms with Crippen LogP contribution in [-0.2, 0) is 11.3 Å². The molecule has 3 aromatic rings. The first-order chi connectivity index (χ1) is 12.7. The highest BCUT2D eigenvalue weighted by Gasteiger charge is 2.17. The Balaban J connectivity index is 2.00. The van der Waals surface area contributed by atoms with Crippen LogP contribution in [-0.4, -0.2) is 36.8 Å². The molecule has 26 heavy (non-hydrogen) atoms. The van der Waals surface area contributed by atoms with Gasteiger partial charge < -0.3 is 18.8 Å². The van der Waals surface area contributed by atoms with Gasteiger partial charge in [0, 0.05) is 18.9 Å². The lowest BCUT2D eigenvalue weighted by molar-refractivity contribution is 0.0600. The second-order valence-corrected chi connectivity index (χ2v) is 5.61. The summed E-state index contributed by atoms with van der Waals surface area (Å²) < 4.78 is 17.7. The average Bonchev–Trinajstić information content (AvgIpc) is 3.14. The van der Waals surface area contributed by atoms with Crippen LogP contribution in [0.4, 0.5) is 0 Å². The number of carbonyl (C=O) groups excluding carboxylic acids is 1. The highest BCUT2D eigenvalue weighted by molar-refractivity contribution is 5.89. The van der Waals surface area contributed by atoms with E-state index in [0.717, 1.165) is 17.0 Å². The summed E-state index contributed by atoms with van der Waals surface area (Å²) in [6, 6.07) is 12.9. The van der Waals surface area contributed by atoms with E-state index in [-0.39, 0.29) is 5.97 Å². The van der Waals surface area contributed by atoms with E-state index in [0.29, 0.717) is 23.6 Å². The number of ether oxygens (including phenoxy) is 3. The Kier molecular flexibility index (Phi) is 5.22. The lowest BCUT2D eigenvalue weighted by Crippen LogP contribution is -2.06. The number of hydrogen-bond acceptors (Lipinski definition) is 5. The Hall–Kier alpha value is -3.28. The van der Waals surface area contributed by atoms with Crippen molar-refractivity contribution in [1.29, 1.82) is 0 Å². The molecule has 0 amide bonds. The van der Waals surface area contributed by atoms with Gasteiger partial charge in [-0.3, -0.25) is 0 Å². The van der Waals surface area contributed by atoms with Gasteiger partial charge in [0.05, 0.1) is 26.9 Å². The summed E-state index contributed by atoms with van der Waals surface area (Å²) in [4.78, 5) is 16.2. The number of aromatic nitrogens is 2. The largest absolute Gasteiger partial charge is 0.496 e. The van der Waals surface area contributed by atoms with Gasteiger partial charge >= 0.3 is 5.97 Å². The SMILES string of the molecule is COC(=O)c1cccc(Cn2ccnc2-c2c(OC)cccc2OC)c1. The Morgan fingerprint density at radius 2 is 1.73 bits per heavy atom. The smallest absolute Gasteiger partial charge is 0.337 e. The van der Waals surface area contributed by atoms with E-state index >= 15 is 0 Å². The summed E-state index contributed by atoms with van der Waals surface area (Å²) in [5, 5.41) is 0. The summed E-state index contributed by atoms with van der Waals surface area (Å²) in [5.74, 6) is 1.73. The first kappa shape index (κ1) is 17.5. The summed E-state index contributed by atoms with van der Waals surface area (Å²) in [6.07, 6.45) is 3.61. The zero-order chi connectivity index (χ0) is 18.5. The van der Waals surface area contributed by atoms with E-state index in [9.17, 15) is 4.79 Å². The molecular weight excluding hydrogens is 332 g/mol. The predicted molar refractivity (Wildman–Crippen MR) is 97.7 cm³/mol. The maximum Gasteiger partial charge on any atom is 0.337 e. The van der Waals surface area contributed by atoms with Crippen LogP contribution < -0.4 is 9.47 Å². The fourth-order valence-electron chi connectivity index (χ4n) is 2.85. The van der Waals surface area contributed by atoms with Gasteiger partial charge in [0.1, 0.15) is 22.9 Å². The second kappa shape index (κ2) is 7.74. The molecule has 0 spiro atoms. The molecule has 0 saturated carbocycles. The van der Waals surface area contributed by atoms with Gasteiger partial charge in [0.15, 0.2) is 0 Å². The zero-order valence-corrected chi connectivity index (χ0v) is 14.9. The van der Waals surface area contributed by atoms with Gasteiger partial charge in [-0.25, -0.2) is 9.78 Å². The van der Waals surface area contributed by atoms with Crippen molar-refractivity contribution in [1.82, 2.24) is 9.55 Å². The third kappa shape index (κ3) is 3.39. The maximum absolute atomic E-state index is 11.7. The van der Waals surface area contributed by atoms with Crippen LogP contribution >= 0.6 is 0 Å². The summed E-state index contributed by atoms with van der Waals surface area (Å²) >= 11 is 0. The van der Waals surface area contributed by atoms with Crippen molar-refractivity contribution in [2.24, 2.45) is 0 Å². The Labute approximate surface area is 152 Å². The van der Waals surface area contributed by atoms with Crippen molar-refractivity contribution in [3.8, 4) is 22.9 Å². The highest BCUT2D eigenvalue weighted by Crippen LogP contribution is 2.37. The molecule has 6 nitrogen and oxygen atoms in total. The van der Waals surface area contributed by atoms with Gasteiger partial charge in [-0.2, -0.15) is 0 Å². The number of nitrogens with zero attached hydrogens (tertiary/aromatic N) is 2. The molecular formula is C20H20N2O4. The summed E-state index contributed by atoms with van der Waals surface area (Å²) in [5.41, 5.74) is 2.26. The van der Waals surface area contributed by atoms with Crippen molar-refractivity contribution in [3.05, 3.63) is 66.0 Å². The monoisotopic (exact) mass is 352 g/mol. The van der Waals surface area contributed by atoms with E-state index in [1.54, 1.807) is 26.5 Å². The molecule has 0 atom stereocenters. The molecule has 1 heterocycles.